The van der Waals surface area contributed by atoms with Gasteiger partial charge in [-0.15, -0.1) is 0 Å². The van der Waals surface area contributed by atoms with Gasteiger partial charge in [-0.1, -0.05) is 11.6 Å². The number of nitrogens with one attached hydrogen (secondary N) is 1. The fourth-order valence-electron chi connectivity index (χ4n) is 1.32. The molecule has 6 heteroatoms. The van der Waals surface area contributed by atoms with Crippen LogP contribution in [0.25, 0.3) is 6.08 Å². The molecule has 0 unspecified atom stereocenters. The van der Waals surface area contributed by atoms with Crippen molar-refractivity contribution in [3.8, 4) is 5.75 Å². The smallest absolute Gasteiger partial charge is 0.322 e. The summed E-state index contributed by atoms with van der Waals surface area (Å²) in [6.45, 7) is 1.92. The van der Waals surface area contributed by atoms with Crippen LogP contribution in [-0.4, -0.2) is 30.1 Å². The van der Waals surface area contributed by atoms with Crippen molar-refractivity contribution >= 4 is 29.6 Å². The molecule has 1 rings (SSSR count). The van der Waals surface area contributed by atoms with E-state index in [-0.39, 0.29) is 0 Å². The number of carboxylic acid groups (broad SMARTS) is 1. The Balaban J connectivity index is 2.76. The zero-order chi connectivity index (χ0) is 14.3. The van der Waals surface area contributed by atoms with E-state index < -0.39 is 18.4 Å². The van der Waals surface area contributed by atoms with Gasteiger partial charge in [0.15, 0.2) is 0 Å². The van der Waals surface area contributed by atoms with Gasteiger partial charge in [-0.05, 0) is 31.2 Å². The maximum Gasteiger partial charge on any atom is 0.322 e. The minimum absolute atomic E-state index is 0.420. The van der Waals surface area contributed by atoms with Crippen molar-refractivity contribution in [1.82, 2.24) is 5.32 Å². The van der Waals surface area contributed by atoms with E-state index >= 15 is 0 Å². The second kappa shape index (κ2) is 7.43. The number of aliphatic carboxylic acids is 1. The Morgan fingerprint density at radius 2 is 2.21 bits per heavy atom. The largest absolute Gasteiger partial charge is 0.493 e. The zero-order valence-electron chi connectivity index (χ0n) is 10.4. The molecule has 0 aliphatic carbocycles. The van der Waals surface area contributed by atoms with E-state index in [1.807, 2.05) is 6.92 Å². The first-order valence-electron chi connectivity index (χ1n) is 5.63. The van der Waals surface area contributed by atoms with Crippen molar-refractivity contribution in [3.63, 3.8) is 0 Å². The summed E-state index contributed by atoms with van der Waals surface area (Å²) in [6.07, 6.45) is 2.76. The van der Waals surface area contributed by atoms with Crippen LogP contribution in [0.5, 0.6) is 5.75 Å². The van der Waals surface area contributed by atoms with Crippen LogP contribution in [0.2, 0.25) is 5.02 Å². The van der Waals surface area contributed by atoms with Crippen LogP contribution in [0, 0.1) is 0 Å². The number of hydrogen-bond donors (Lipinski definition) is 2. The van der Waals surface area contributed by atoms with Gasteiger partial charge < -0.3 is 15.2 Å². The van der Waals surface area contributed by atoms with Gasteiger partial charge in [0.1, 0.15) is 12.3 Å². The number of amides is 1. The highest BCUT2D eigenvalue weighted by Crippen LogP contribution is 2.24. The third kappa shape index (κ3) is 5.44. The van der Waals surface area contributed by atoms with Crippen LogP contribution in [0.1, 0.15) is 12.5 Å². The lowest BCUT2D eigenvalue weighted by atomic mass is 10.2. The van der Waals surface area contributed by atoms with E-state index in [9.17, 15) is 9.59 Å². The minimum atomic E-state index is -1.10. The summed E-state index contributed by atoms with van der Waals surface area (Å²) < 4.78 is 5.39. The van der Waals surface area contributed by atoms with Crippen molar-refractivity contribution in [3.05, 3.63) is 34.9 Å². The number of halogens is 1. The molecule has 1 aromatic carbocycles. The van der Waals surface area contributed by atoms with Gasteiger partial charge in [0.2, 0.25) is 5.91 Å². The van der Waals surface area contributed by atoms with Crippen LogP contribution >= 0.6 is 11.6 Å². The van der Waals surface area contributed by atoms with E-state index in [1.165, 1.54) is 12.2 Å². The lowest BCUT2D eigenvalue weighted by Gasteiger charge is -2.07. The number of carboxylic acids is 1. The molecule has 1 amide bonds. The Morgan fingerprint density at radius 1 is 1.47 bits per heavy atom. The average molecular weight is 284 g/mol. The van der Waals surface area contributed by atoms with E-state index in [4.69, 9.17) is 21.4 Å². The molecule has 0 atom stereocenters. The van der Waals surface area contributed by atoms with Crippen molar-refractivity contribution in [1.29, 1.82) is 0 Å². The van der Waals surface area contributed by atoms with Crippen LogP contribution in [-0.2, 0) is 9.59 Å². The number of rotatable bonds is 6. The standard InChI is InChI=1S/C13H14ClNO4/c1-2-19-11-5-4-10(14)7-9(11)3-6-12(16)15-8-13(17)18/h3-7H,2,8H2,1H3,(H,15,16)(H,17,18)/b6-3+. The van der Waals surface area contributed by atoms with Gasteiger partial charge in [0.05, 0.1) is 6.61 Å². The maximum absolute atomic E-state index is 11.3. The predicted molar refractivity (Wildman–Crippen MR) is 72.3 cm³/mol. The second-order valence-corrected chi connectivity index (χ2v) is 4.00. The lowest BCUT2D eigenvalue weighted by molar-refractivity contribution is -0.137. The lowest BCUT2D eigenvalue weighted by Crippen LogP contribution is -2.27. The SMILES string of the molecule is CCOc1ccc(Cl)cc1/C=C/C(=O)NCC(=O)O. The molecule has 0 aliphatic rings. The van der Waals surface area contributed by atoms with Gasteiger partial charge in [0, 0.05) is 16.7 Å². The molecular formula is C13H14ClNO4. The number of ether oxygens (including phenoxy) is 1. The summed E-state index contributed by atoms with van der Waals surface area (Å²) in [5.74, 6) is -0.987. The average Bonchev–Trinajstić information content (AvgIpc) is 2.36. The summed E-state index contributed by atoms with van der Waals surface area (Å²) in [7, 11) is 0. The molecule has 102 valence electrons. The van der Waals surface area contributed by atoms with E-state index in [0.717, 1.165) is 0 Å². The van der Waals surface area contributed by atoms with Crippen LogP contribution < -0.4 is 10.1 Å². The third-order valence-electron chi connectivity index (χ3n) is 2.10. The molecule has 5 nitrogen and oxygen atoms in total. The summed E-state index contributed by atoms with van der Waals surface area (Å²) in [6, 6.07) is 5.06. The molecule has 0 bridgehead atoms. The van der Waals surface area contributed by atoms with Gasteiger partial charge in [0.25, 0.3) is 0 Å². The molecule has 0 heterocycles. The summed E-state index contributed by atoms with van der Waals surface area (Å²) in [5, 5.41) is 11.2. The topological polar surface area (TPSA) is 75.6 Å². The summed E-state index contributed by atoms with van der Waals surface area (Å²) in [5.41, 5.74) is 0.653. The highest BCUT2D eigenvalue weighted by Gasteiger charge is 2.03. The highest BCUT2D eigenvalue weighted by molar-refractivity contribution is 6.30. The van der Waals surface area contributed by atoms with Crippen molar-refractivity contribution in [2.45, 2.75) is 6.92 Å². The number of hydrogen-bond acceptors (Lipinski definition) is 3. The number of carbonyl (C=O) groups excluding carboxylic acids is 1. The molecular weight excluding hydrogens is 270 g/mol. The van der Waals surface area contributed by atoms with Crippen molar-refractivity contribution in [2.24, 2.45) is 0 Å². The second-order valence-electron chi connectivity index (χ2n) is 3.56. The Hall–Kier alpha value is -2.01. The van der Waals surface area contributed by atoms with Crippen molar-refractivity contribution in [2.75, 3.05) is 13.2 Å². The first kappa shape index (κ1) is 15.0. The molecule has 0 saturated heterocycles. The first-order valence-corrected chi connectivity index (χ1v) is 6.00. The Labute approximate surface area is 115 Å². The van der Waals surface area contributed by atoms with Gasteiger partial charge in [-0.25, -0.2) is 0 Å². The minimum Gasteiger partial charge on any atom is -0.493 e. The van der Waals surface area contributed by atoms with Gasteiger partial charge in [-0.3, -0.25) is 9.59 Å². The molecule has 0 aliphatic heterocycles. The Bertz CT molecular complexity index is 499. The quantitative estimate of drug-likeness (QED) is 0.783. The highest BCUT2D eigenvalue weighted by atomic mass is 35.5. The van der Waals surface area contributed by atoms with E-state index in [2.05, 4.69) is 5.32 Å². The van der Waals surface area contributed by atoms with Crippen LogP contribution in [0.15, 0.2) is 24.3 Å². The summed E-state index contributed by atoms with van der Waals surface area (Å²) >= 11 is 5.87. The maximum atomic E-state index is 11.3. The molecule has 0 saturated carbocycles. The van der Waals surface area contributed by atoms with E-state index in [1.54, 1.807) is 18.2 Å². The predicted octanol–water partition coefficient (Wildman–Crippen LogP) is 1.95. The molecule has 1 aromatic rings. The monoisotopic (exact) mass is 283 g/mol. The fraction of sp³-hybridized carbons (Fsp3) is 0.231. The molecule has 0 aromatic heterocycles. The molecule has 19 heavy (non-hydrogen) atoms. The number of carbonyl (C=O) groups is 2. The Kier molecular flexibility index (Phi) is 5.89. The van der Waals surface area contributed by atoms with Crippen molar-refractivity contribution < 1.29 is 19.4 Å². The Morgan fingerprint density at radius 3 is 2.84 bits per heavy atom. The molecule has 0 spiro atoms. The molecule has 2 N–H and O–H groups in total. The third-order valence-corrected chi connectivity index (χ3v) is 2.33. The van der Waals surface area contributed by atoms with E-state index in [0.29, 0.717) is 22.9 Å². The fourth-order valence-corrected chi connectivity index (χ4v) is 1.50. The molecule has 0 fully saturated rings. The normalized spacial score (nSPS) is 10.4. The summed E-state index contributed by atoms with van der Waals surface area (Å²) in [4.78, 5) is 21.6. The van der Waals surface area contributed by atoms with Crippen LogP contribution in [0.3, 0.4) is 0 Å². The molecule has 0 radical (unpaired) electrons. The first-order chi connectivity index (χ1) is 9.02. The zero-order valence-corrected chi connectivity index (χ0v) is 11.1. The van der Waals surface area contributed by atoms with Crippen LogP contribution in [0.4, 0.5) is 0 Å². The van der Waals surface area contributed by atoms with Gasteiger partial charge in [-0.2, -0.15) is 0 Å². The van der Waals surface area contributed by atoms with Gasteiger partial charge >= 0.3 is 5.97 Å². The number of benzene rings is 1.